The van der Waals surface area contributed by atoms with E-state index in [2.05, 4.69) is 0 Å². The van der Waals surface area contributed by atoms with Crippen LogP contribution >= 0.6 is 0 Å². The summed E-state index contributed by atoms with van der Waals surface area (Å²) in [5.74, 6) is -0.103. The van der Waals surface area contributed by atoms with Crippen molar-refractivity contribution in [1.29, 1.82) is 0 Å². The van der Waals surface area contributed by atoms with Crippen LogP contribution in [0.2, 0.25) is 0 Å². The zero-order valence-electron chi connectivity index (χ0n) is 12.7. The maximum absolute atomic E-state index is 12.8. The molecule has 1 aliphatic heterocycles. The van der Waals surface area contributed by atoms with E-state index in [1.807, 2.05) is 18.7 Å². The van der Waals surface area contributed by atoms with E-state index in [9.17, 15) is 13.2 Å². The molecule has 1 heterocycles. The van der Waals surface area contributed by atoms with E-state index in [4.69, 9.17) is 5.14 Å². The summed E-state index contributed by atoms with van der Waals surface area (Å²) in [6.45, 7) is 6.38. The Bertz CT molecular complexity index is 668. The number of primary sulfonamides is 1. The maximum atomic E-state index is 12.8. The number of nitrogens with zero attached hydrogens (tertiary/aromatic N) is 1. The molecule has 5 nitrogen and oxygen atoms in total. The van der Waals surface area contributed by atoms with Crippen molar-refractivity contribution in [3.8, 4) is 0 Å². The molecule has 0 bridgehead atoms. The predicted octanol–water partition coefficient (Wildman–Crippen LogP) is 1.97. The van der Waals surface area contributed by atoms with Crippen LogP contribution in [0, 0.1) is 13.8 Å². The summed E-state index contributed by atoms with van der Waals surface area (Å²) < 4.78 is 23.1. The number of hydrogen-bond donors (Lipinski definition) is 1. The normalized spacial score (nSPS) is 19.6. The number of nitrogens with two attached hydrogens (primary N) is 1. The van der Waals surface area contributed by atoms with Crippen LogP contribution in [0.15, 0.2) is 17.0 Å². The number of amides is 1. The van der Waals surface area contributed by atoms with Gasteiger partial charge in [0.2, 0.25) is 10.0 Å². The summed E-state index contributed by atoms with van der Waals surface area (Å²) in [6, 6.07) is 3.10. The second-order valence-corrected chi connectivity index (χ2v) is 7.36. The van der Waals surface area contributed by atoms with Gasteiger partial charge in [-0.05, 0) is 63.3 Å². The topological polar surface area (TPSA) is 80.5 Å². The van der Waals surface area contributed by atoms with Gasteiger partial charge in [0.15, 0.2) is 0 Å². The van der Waals surface area contributed by atoms with Crippen LogP contribution in [0.3, 0.4) is 0 Å². The van der Waals surface area contributed by atoms with Crippen LogP contribution in [0.5, 0.6) is 0 Å². The highest BCUT2D eigenvalue weighted by Crippen LogP contribution is 2.24. The molecule has 1 atom stereocenters. The lowest BCUT2D eigenvalue weighted by Crippen LogP contribution is -2.42. The Hall–Kier alpha value is -1.40. The van der Waals surface area contributed by atoms with E-state index in [1.54, 1.807) is 6.92 Å². The molecule has 0 aromatic heterocycles. The number of sulfonamides is 1. The van der Waals surface area contributed by atoms with E-state index >= 15 is 0 Å². The zero-order valence-corrected chi connectivity index (χ0v) is 13.5. The van der Waals surface area contributed by atoms with Crippen molar-refractivity contribution in [1.82, 2.24) is 4.90 Å². The lowest BCUT2D eigenvalue weighted by Gasteiger charge is -2.34. The van der Waals surface area contributed by atoms with Gasteiger partial charge in [-0.1, -0.05) is 0 Å². The molecule has 1 amide bonds. The second kappa shape index (κ2) is 5.77. The van der Waals surface area contributed by atoms with Crippen molar-refractivity contribution in [2.24, 2.45) is 5.14 Å². The quantitative estimate of drug-likeness (QED) is 0.906. The molecule has 2 rings (SSSR count). The smallest absolute Gasteiger partial charge is 0.254 e. The Morgan fingerprint density at radius 3 is 2.52 bits per heavy atom. The monoisotopic (exact) mass is 310 g/mol. The molecule has 1 unspecified atom stereocenters. The third-order valence-corrected chi connectivity index (χ3v) is 5.16. The van der Waals surface area contributed by atoms with Gasteiger partial charge in [-0.15, -0.1) is 0 Å². The third kappa shape index (κ3) is 3.27. The van der Waals surface area contributed by atoms with Crippen molar-refractivity contribution in [2.75, 3.05) is 6.54 Å². The molecule has 21 heavy (non-hydrogen) atoms. The van der Waals surface area contributed by atoms with Crippen LogP contribution in [-0.4, -0.2) is 31.8 Å². The van der Waals surface area contributed by atoms with Gasteiger partial charge in [-0.3, -0.25) is 4.79 Å². The van der Waals surface area contributed by atoms with E-state index in [1.165, 1.54) is 12.1 Å². The Morgan fingerprint density at radius 2 is 1.95 bits per heavy atom. The van der Waals surface area contributed by atoms with Crippen molar-refractivity contribution in [3.05, 3.63) is 28.8 Å². The highest BCUT2D eigenvalue weighted by molar-refractivity contribution is 7.89. The first kappa shape index (κ1) is 16.0. The molecule has 0 saturated carbocycles. The number of likely N-dealkylation sites (tertiary alicyclic amines) is 1. The first-order valence-corrected chi connectivity index (χ1v) is 8.71. The molecule has 1 saturated heterocycles. The summed E-state index contributed by atoms with van der Waals surface area (Å²) in [5.41, 5.74) is 2.01. The SMILES string of the molecule is Cc1cc(S(N)(=O)=O)cc(C(=O)N2CCCCC2C)c1C. The number of carbonyl (C=O) groups excluding carboxylic acids is 1. The van der Waals surface area contributed by atoms with E-state index < -0.39 is 10.0 Å². The highest BCUT2D eigenvalue weighted by atomic mass is 32.2. The average Bonchev–Trinajstić information content (AvgIpc) is 2.40. The molecular formula is C15H22N2O3S. The van der Waals surface area contributed by atoms with Crippen molar-refractivity contribution in [3.63, 3.8) is 0 Å². The fourth-order valence-corrected chi connectivity index (χ4v) is 3.39. The first-order chi connectivity index (χ1) is 9.71. The molecule has 6 heteroatoms. The molecule has 0 aliphatic carbocycles. The largest absolute Gasteiger partial charge is 0.336 e. The number of rotatable bonds is 2. The Kier molecular flexibility index (Phi) is 4.39. The average molecular weight is 310 g/mol. The fraction of sp³-hybridized carbons (Fsp3) is 0.533. The lowest BCUT2D eigenvalue weighted by atomic mass is 9.98. The molecule has 1 aliphatic rings. The number of benzene rings is 1. The van der Waals surface area contributed by atoms with Gasteiger partial charge in [0.1, 0.15) is 0 Å². The molecule has 116 valence electrons. The summed E-state index contributed by atoms with van der Waals surface area (Å²) in [5, 5.41) is 5.20. The summed E-state index contributed by atoms with van der Waals surface area (Å²) >= 11 is 0. The van der Waals surface area contributed by atoms with Gasteiger partial charge < -0.3 is 4.90 Å². The van der Waals surface area contributed by atoms with Gasteiger partial charge in [0.25, 0.3) is 5.91 Å². The van der Waals surface area contributed by atoms with Gasteiger partial charge >= 0.3 is 0 Å². The Labute approximate surface area is 126 Å². The van der Waals surface area contributed by atoms with Crippen LogP contribution in [0.25, 0.3) is 0 Å². The molecule has 0 radical (unpaired) electrons. The second-order valence-electron chi connectivity index (χ2n) is 5.80. The molecule has 2 N–H and O–H groups in total. The predicted molar refractivity (Wildman–Crippen MR) is 81.6 cm³/mol. The lowest BCUT2D eigenvalue weighted by molar-refractivity contribution is 0.0634. The fourth-order valence-electron chi connectivity index (χ4n) is 2.77. The summed E-state index contributed by atoms with van der Waals surface area (Å²) in [7, 11) is -3.81. The van der Waals surface area contributed by atoms with Gasteiger partial charge in [-0.2, -0.15) is 0 Å². The van der Waals surface area contributed by atoms with E-state index in [0.717, 1.165) is 36.9 Å². The van der Waals surface area contributed by atoms with Crippen LogP contribution in [-0.2, 0) is 10.0 Å². The number of carbonyl (C=O) groups is 1. The van der Waals surface area contributed by atoms with E-state index in [0.29, 0.717) is 5.56 Å². The number of hydrogen-bond acceptors (Lipinski definition) is 3. The molecule has 0 spiro atoms. The van der Waals surface area contributed by atoms with E-state index in [-0.39, 0.29) is 16.8 Å². The maximum Gasteiger partial charge on any atom is 0.254 e. The van der Waals surface area contributed by atoms with Gasteiger partial charge in [0, 0.05) is 18.2 Å². The third-order valence-electron chi connectivity index (χ3n) is 4.26. The summed E-state index contributed by atoms with van der Waals surface area (Å²) in [6.07, 6.45) is 3.10. The van der Waals surface area contributed by atoms with Crippen molar-refractivity contribution in [2.45, 2.75) is 51.0 Å². The van der Waals surface area contributed by atoms with Gasteiger partial charge in [-0.25, -0.2) is 13.6 Å². The minimum absolute atomic E-state index is 0.00128. The zero-order chi connectivity index (χ0) is 15.8. The summed E-state index contributed by atoms with van der Waals surface area (Å²) in [4.78, 5) is 14.6. The van der Waals surface area contributed by atoms with Crippen LogP contribution < -0.4 is 5.14 Å². The Morgan fingerprint density at radius 1 is 1.29 bits per heavy atom. The van der Waals surface area contributed by atoms with Crippen LogP contribution in [0.1, 0.15) is 47.7 Å². The van der Waals surface area contributed by atoms with Gasteiger partial charge in [0.05, 0.1) is 4.90 Å². The Balaban J connectivity index is 2.47. The molecule has 1 aromatic rings. The standard InChI is InChI=1S/C15H22N2O3S/c1-10-8-13(21(16,19)20)9-14(12(10)3)15(18)17-7-5-4-6-11(17)2/h8-9,11H,4-7H2,1-3H3,(H2,16,19,20). The molecule has 1 aromatic carbocycles. The molecular weight excluding hydrogens is 288 g/mol. The minimum atomic E-state index is -3.81. The first-order valence-electron chi connectivity index (χ1n) is 7.17. The minimum Gasteiger partial charge on any atom is -0.336 e. The van der Waals surface area contributed by atoms with Crippen molar-refractivity contribution < 1.29 is 13.2 Å². The number of piperidine rings is 1. The highest BCUT2D eigenvalue weighted by Gasteiger charge is 2.26. The number of aryl methyl sites for hydroxylation is 1. The van der Waals surface area contributed by atoms with Crippen LogP contribution in [0.4, 0.5) is 0 Å². The van der Waals surface area contributed by atoms with Crippen molar-refractivity contribution >= 4 is 15.9 Å². The molecule has 1 fully saturated rings.